The third kappa shape index (κ3) is 45.8. The molecule has 3 N–H and O–H groups in total. The predicted octanol–water partition coefficient (Wildman–Crippen LogP) is 14.2. The molecule has 2 atom stereocenters. The maximum absolute atomic E-state index is 12.1. The summed E-state index contributed by atoms with van der Waals surface area (Å²) in [7, 11) is -4.42. The molecule has 0 fully saturated rings. The Morgan fingerprint density at radius 3 is 1.29 bits per heavy atom. The van der Waals surface area contributed by atoms with Gasteiger partial charge in [-0.05, 0) is 38.5 Å². The van der Waals surface area contributed by atoms with E-state index in [4.69, 9.17) is 13.8 Å². The van der Waals surface area contributed by atoms with Gasteiger partial charge in [0.05, 0.1) is 13.2 Å². The highest BCUT2D eigenvalue weighted by Crippen LogP contribution is 2.42. The Balaban J connectivity index is 3.53. The topological polar surface area (TPSA) is 131 Å². The summed E-state index contributed by atoms with van der Waals surface area (Å²) >= 11 is 0. The Morgan fingerprint density at radius 1 is 0.517 bits per heavy atom. The number of carbonyl (C=O) groups excluding carboxylic acids is 2. The van der Waals surface area contributed by atoms with Crippen LogP contribution in [-0.4, -0.2) is 54.3 Å². The molecule has 1 amide bonds. The zero-order chi connectivity index (χ0) is 42.5. The van der Waals surface area contributed by atoms with Gasteiger partial charge in [-0.3, -0.25) is 18.6 Å². The van der Waals surface area contributed by atoms with Crippen molar-refractivity contribution in [1.82, 2.24) is 5.32 Å². The van der Waals surface area contributed by atoms with Crippen LogP contribution in [0.4, 0.5) is 0 Å². The summed E-state index contributed by atoms with van der Waals surface area (Å²) in [6, 6.07) is 0. The molecule has 10 heteroatoms. The van der Waals surface area contributed by atoms with Gasteiger partial charge in [-0.15, -0.1) is 0 Å². The average Bonchev–Trinajstić information content (AvgIpc) is 3.21. The maximum Gasteiger partial charge on any atom is 0.472 e. The van der Waals surface area contributed by atoms with Gasteiger partial charge in [0.15, 0.2) is 0 Å². The first-order valence-electron chi connectivity index (χ1n) is 24.7. The molecule has 0 saturated carbocycles. The predicted molar refractivity (Wildman–Crippen MR) is 243 cm³/mol. The molecule has 0 radical (unpaired) electrons. The van der Waals surface area contributed by atoms with E-state index < -0.39 is 26.5 Å². The number of amides is 1. The Hall–Kier alpha value is -1.25. The SMILES string of the molecule is CCCCCCCC/C=C\CCCCCCCCCC(=O)NCCOP(=O)(O)OCC(O)COC(=O)CCCCCCCCCCCCCCCCCCCCCC. The lowest BCUT2D eigenvalue weighted by molar-refractivity contribution is -0.147. The smallest absolute Gasteiger partial charge is 0.463 e. The fourth-order valence-corrected chi connectivity index (χ4v) is 7.96. The summed E-state index contributed by atoms with van der Waals surface area (Å²) in [6.45, 7) is 3.59. The van der Waals surface area contributed by atoms with Gasteiger partial charge in [0.25, 0.3) is 0 Å². The molecule has 0 saturated heterocycles. The lowest BCUT2D eigenvalue weighted by Gasteiger charge is -2.15. The van der Waals surface area contributed by atoms with Crippen LogP contribution in [-0.2, 0) is 27.9 Å². The summed E-state index contributed by atoms with van der Waals surface area (Å²) in [5.74, 6) is -0.508. The number of unbranched alkanes of at least 4 members (excludes halogenated alkanes) is 32. The molecule has 0 bridgehead atoms. The van der Waals surface area contributed by atoms with Crippen LogP contribution in [0.5, 0.6) is 0 Å². The van der Waals surface area contributed by atoms with Crippen molar-refractivity contribution in [2.45, 2.75) is 258 Å². The van der Waals surface area contributed by atoms with Gasteiger partial charge in [0.2, 0.25) is 5.91 Å². The van der Waals surface area contributed by atoms with E-state index in [1.54, 1.807) is 0 Å². The molecule has 58 heavy (non-hydrogen) atoms. The molecular formula is C48H94NO8P. The molecule has 0 aliphatic carbocycles. The highest BCUT2D eigenvalue weighted by molar-refractivity contribution is 7.47. The highest BCUT2D eigenvalue weighted by atomic mass is 31.2. The molecule has 0 heterocycles. The van der Waals surface area contributed by atoms with Gasteiger partial charge < -0.3 is 20.1 Å². The van der Waals surface area contributed by atoms with Gasteiger partial charge in [0.1, 0.15) is 12.7 Å². The number of aliphatic hydroxyl groups is 1. The second-order valence-electron chi connectivity index (χ2n) is 16.8. The zero-order valence-corrected chi connectivity index (χ0v) is 38.9. The van der Waals surface area contributed by atoms with Crippen LogP contribution in [0.3, 0.4) is 0 Å². The first kappa shape index (κ1) is 56.8. The normalized spacial score (nSPS) is 13.2. The molecule has 0 aromatic carbocycles. The van der Waals surface area contributed by atoms with Crippen molar-refractivity contribution in [2.24, 2.45) is 0 Å². The number of phosphoric ester groups is 1. The number of allylic oxidation sites excluding steroid dienone is 2. The van der Waals surface area contributed by atoms with Crippen LogP contribution in [0.25, 0.3) is 0 Å². The van der Waals surface area contributed by atoms with Crippen LogP contribution >= 0.6 is 7.82 Å². The van der Waals surface area contributed by atoms with Crippen LogP contribution in [0, 0.1) is 0 Å². The van der Waals surface area contributed by atoms with Crippen molar-refractivity contribution in [3.63, 3.8) is 0 Å². The van der Waals surface area contributed by atoms with E-state index in [2.05, 4.69) is 31.3 Å². The molecule has 0 aromatic heterocycles. The number of aliphatic hydroxyl groups excluding tert-OH is 1. The number of hydrogen-bond acceptors (Lipinski definition) is 7. The molecule has 0 aliphatic heterocycles. The van der Waals surface area contributed by atoms with Crippen LogP contribution in [0.1, 0.15) is 251 Å². The molecule has 344 valence electrons. The third-order valence-corrected chi connectivity index (χ3v) is 11.9. The number of carbonyl (C=O) groups is 2. The number of hydrogen-bond donors (Lipinski definition) is 3. The quantitative estimate of drug-likeness (QED) is 0.0239. The van der Waals surface area contributed by atoms with Gasteiger partial charge in [-0.1, -0.05) is 212 Å². The van der Waals surface area contributed by atoms with Crippen molar-refractivity contribution >= 4 is 19.7 Å². The fourth-order valence-electron chi connectivity index (χ4n) is 7.20. The van der Waals surface area contributed by atoms with Crippen molar-refractivity contribution < 1.29 is 37.9 Å². The van der Waals surface area contributed by atoms with E-state index in [0.29, 0.717) is 6.42 Å². The first-order chi connectivity index (χ1) is 28.3. The maximum atomic E-state index is 12.1. The summed E-state index contributed by atoms with van der Waals surface area (Å²) in [5, 5.41) is 12.7. The molecular weight excluding hydrogens is 750 g/mol. The van der Waals surface area contributed by atoms with E-state index in [9.17, 15) is 24.2 Å². The van der Waals surface area contributed by atoms with Gasteiger partial charge in [-0.25, -0.2) is 4.57 Å². The van der Waals surface area contributed by atoms with Gasteiger partial charge >= 0.3 is 13.8 Å². The lowest BCUT2D eigenvalue weighted by Crippen LogP contribution is -2.27. The van der Waals surface area contributed by atoms with E-state index in [0.717, 1.165) is 38.5 Å². The molecule has 0 spiro atoms. The Morgan fingerprint density at radius 2 is 0.879 bits per heavy atom. The largest absolute Gasteiger partial charge is 0.472 e. The summed E-state index contributed by atoms with van der Waals surface area (Å²) < 4.78 is 27.0. The number of phosphoric acid groups is 1. The molecule has 0 aromatic rings. The van der Waals surface area contributed by atoms with Gasteiger partial charge in [-0.2, -0.15) is 0 Å². The van der Waals surface area contributed by atoms with Crippen molar-refractivity contribution in [3.8, 4) is 0 Å². The van der Waals surface area contributed by atoms with Crippen LogP contribution in [0.2, 0.25) is 0 Å². The second-order valence-corrected chi connectivity index (χ2v) is 18.2. The first-order valence-corrected chi connectivity index (χ1v) is 26.2. The summed E-state index contributed by atoms with van der Waals surface area (Å²) in [4.78, 5) is 34.0. The number of esters is 1. The molecule has 2 unspecified atom stereocenters. The minimum atomic E-state index is -4.42. The molecule has 0 rings (SSSR count). The minimum absolute atomic E-state index is 0.0832. The van der Waals surface area contributed by atoms with Crippen molar-refractivity contribution in [1.29, 1.82) is 0 Å². The van der Waals surface area contributed by atoms with Crippen molar-refractivity contribution in [2.75, 3.05) is 26.4 Å². The van der Waals surface area contributed by atoms with E-state index in [1.165, 1.54) is 186 Å². The molecule has 0 aliphatic rings. The number of ether oxygens (including phenoxy) is 1. The zero-order valence-electron chi connectivity index (χ0n) is 38.0. The monoisotopic (exact) mass is 844 g/mol. The van der Waals surface area contributed by atoms with E-state index in [-0.39, 0.29) is 32.1 Å². The van der Waals surface area contributed by atoms with Crippen LogP contribution < -0.4 is 5.32 Å². The van der Waals surface area contributed by atoms with Gasteiger partial charge in [0, 0.05) is 19.4 Å². The lowest BCUT2D eigenvalue weighted by atomic mass is 10.0. The molecule has 9 nitrogen and oxygen atoms in total. The average molecular weight is 844 g/mol. The Labute approximate surface area is 358 Å². The minimum Gasteiger partial charge on any atom is -0.463 e. The van der Waals surface area contributed by atoms with Crippen molar-refractivity contribution in [3.05, 3.63) is 12.2 Å². The number of nitrogens with one attached hydrogen (secondary N) is 1. The number of rotatable bonds is 47. The highest BCUT2D eigenvalue weighted by Gasteiger charge is 2.23. The standard InChI is InChI=1S/C48H94NO8P/c1-3-5-7-9-11-13-15-17-19-21-22-23-25-27-29-31-33-35-37-39-41-48(52)55-44-46(50)45-57-58(53,54)56-43-42-49-47(51)40-38-36-34-32-30-28-26-24-20-18-16-14-12-10-8-6-4-2/h18,20,46,50H,3-17,19,21-45H2,1-2H3,(H,49,51)(H,53,54)/b20-18-. The van der Waals surface area contributed by atoms with Crippen LogP contribution in [0.15, 0.2) is 12.2 Å². The van der Waals surface area contributed by atoms with E-state index in [1.807, 2.05) is 0 Å². The fraction of sp³-hybridized carbons (Fsp3) is 0.917. The van der Waals surface area contributed by atoms with E-state index >= 15 is 0 Å². The second kappa shape index (κ2) is 45.3. The Kier molecular flexibility index (Phi) is 44.3. The summed E-state index contributed by atoms with van der Waals surface area (Å²) in [6.07, 6.45) is 48.6. The third-order valence-electron chi connectivity index (χ3n) is 10.9. The Bertz CT molecular complexity index is 964. The summed E-state index contributed by atoms with van der Waals surface area (Å²) in [5.41, 5.74) is 0.